The van der Waals surface area contributed by atoms with Gasteiger partial charge >= 0.3 is 5.97 Å². The molecule has 1 heterocycles. The SMILES string of the molecule is COC(=O)CCCCCNc1ncccc1Cl. The van der Waals surface area contributed by atoms with Crippen molar-refractivity contribution in [3.63, 3.8) is 0 Å². The number of ether oxygens (including phenoxy) is 1. The first-order valence-corrected chi connectivity index (χ1v) is 6.03. The summed E-state index contributed by atoms with van der Waals surface area (Å²) in [4.78, 5) is 15.0. The molecule has 1 aromatic heterocycles. The molecule has 4 nitrogen and oxygen atoms in total. The fraction of sp³-hybridized carbons (Fsp3) is 0.500. The summed E-state index contributed by atoms with van der Waals surface area (Å²) in [7, 11) is 1.41. The molecule has 0 atom stereocenters. The molecule has 0 saturated carbocycles. The third-order valence-electron chi connectivity index (χ3n) is 2.34. The number of unbranched alkanes of at least 4 members (excludes halogenated alkanes) is 2. The van der Waals surface area contributed by atoms with Gasteiger partial charge in [-0.1, -0.05) is 18.0 Å². The molecule has 94 valence electrons. The molecule has 0 aromatic carbocycles. The molecule has 0 aliphatic carbocycles. The van der Waals surface area contributed by atoms with Crippen LogP contribution in [-0.4, -0.2) is 24.6 Å². The molecule has 1 N–H and O–H groups in total. The summed E-state index contributed by atoms with van der Waals surface area (Å²) in [6.45, 7) is 0.803. The van der Waals surface area contributed by atoms with Crippen LogP contribution < -0.4 is 5.32 Å². The number of methoxy groups -OCH3 is 1. The lowest BCUT2D eigenvalue weighted by Crippen LogP contribution is -2.04. The summed E-state index contributed by atoms with van der Waals surface area (Å²) in [6.07, 6.45) is 4.99. The summed E-state index contributed by atoms with van der Waals surface area (Å²) in [6, 6.07) is 3.60. The molecule has 1 rings (SSSR count). The van der Waals surface area contributed by atoms with Crippen LogP contribution >= 0.6 is 11.6 Å². The van der Waals surface area contributed by atoms with Gasteiger partial charge in [-0.15, -0.1) is 0 Å². The number of anilines is 1. The fourth-order valence-corrected chi connectivity index (χ4v) is 1.58. The second kappa shape index (κ2) is 7.90. The van der Waals surface area contributed by atoms with Crippen molar-refractivity contribution in [1.82, 2.24) is 4.98 Å². The Morgan fingerprint density at radius 2 is 2.29 bits per heavy atom. The predicted octanol–water partition coefficient (Wildman–Crippen LogP) is 2.88. The van der Waals surface area contributed by atoms with Crippen LogP contribution in [-0.2, 0) is 9.53 Å². The Balaban J connectivity index is 2.09. The lowest BCUT2D eigenvalue weighted by Gasteiger charge is -2.06. The van der Waals surface area contributed by atoms with Crippen LogP contribution in [0.4, 0.5) is 5.82 Å². The third-order valence-corrected chi connectivity index (χ3v) is 2.64. The van der Waals surface area contributed by atoms with Crippen LogP contribution in [0.2, 0.25) is 5.02 Å². The zero-order chi connectivity index (χ0) is 12.5. The largest absolute Gasteiger partial charge is 0.469 e. The van der Waals surface area contributed by atoms with Gasteiger partial charge in [-0.25, -0.2) is 4.98 Å². The molecule has 0 fully saturated rings. The van der Waals surface area contributed by atoms with E-state index in [1.807, 2.05) is 0 Å². The van der Waals surface area contributed by atoms with Gasteiger partial charge in [0.2, 0.25) is 0 Å². The predicted molar refractivity (Wildman–Crippen MR) is 68.2 cm³/mol. The van der Waals surface area contributed by atoms with Crippen molar-refractivity contribution in [3.05, 3.63) is 23.4 Å². The molecule has 0 amide bonds. The lowest BCUT2D eigenvalue weighted by molar-refractivity contribution is -0.140. The molecule has 5 heteroatoms. The van der Waals surface area contributed by atoms with E-state index in [0.717, 1.165) is 25.8 Å². The van der Waals surface area contributed by atoms with Gasteiger partial charge in [-0.2, -0.15) is 0 Å². The summed E-state index contributed by atoms with van der Waals surface area (Å²) >= 11 is 5.94. The smallest absolute Gasteiger partial charge is 0.305 e. The first kappa shape index (κ1) is 13.8. The maximum absolute atomic E-state index is 10.8. The van der Waals surface area contributed by atoms with E-state index >= 15 is 0 Å². The van der Waals surface area contributed by atoms with Crippen molar-refractivity contribution in [2.24, 2.45) is 0 Å². The van der Waals surface area contributed by atoms with Gasteiger partial charge in [0.25, 0.3) is 0 Å². The average Bonchev–Trinajstić information content (AvgIpc) is 2.35. The standard InChI is InChI=1S/C12H17ClN2O2/c1-17-11(16)7-3-2-4-8-14-12-10(13)6-5-9-15-12/h5-6,9H,2-4,7-8H2,1H3,(H,14,15). The number of nitrogens with one attached hydrogen (secondary N) is 1. The third kappa shape index (κ3) is 5.54. The van der Waals surface area contributed by atoms with Crippen molar-refractivity contribution >= 4 is 23.4 Å². The van der Waals surface area contributed by atoms with Gasteiger partial charge in [-0.05, 0) is 25.0 Å². The topological polar surface area (TPSA) is 51.2 Å². The quantitative estimate of drug-likeness (QED) is 0.602. The molecule has 0 aliphatic rings. The van der Waals surface area contributed by atoms with Crippen LogP contribution in [0.15, 0.2) is 18.3 Å². The van der Waals surface area contributed by atoms with Crippen LogP contribution in [0, 0.1) is 0 Å². The second-order valence-corrected chi connectivity index (χ2v) is 4.05. The van der Waals surface area contributed by atoms with Gasteiger partial charge in [-0.3, -0.25) is 4.79 Å². The first-order chi connectivity index (χ1) is 8.24. The highest BCUT2D eigenvalue weighted by atomic mass is 35.5. The molecule has 0 bridgehead atoms. The molecule has 0 unspecified atom stereocenters. The zero-order valence-corrected chi connectivity index (χ0v) is 10.7. The highest BCUT2D eigenvalue weighted by molar-refractivity contribution is 6.32. The summed E-state index contributed by atoms with van der Waals surface area (Å²) in [5.74, 6) is 0.563. The van der Waals surface area contributed by atoms with E-state index in [9.17, 15) is 4.79 Å². The van der Waals surface area contributed by atoms with E-state index in [1.54, 1.807) is 18.3 Å². The molecular weight excluding hydrogens is 240 g/mol. The van der Waals surface area contributed by atoms with Gasteiger partial charge in [0.15, 0.2) is 0 Å². The number of hydrogen-bond acceptors (Lipinski definition) is 4. The van der Waals surface area contributed by atoms with Crippen molar-refractivity contribution in [1.29, 1.82) is 0 Å². The van der Waals surface area contributed by atoms with E-state index in [0.29, 0.717) is 17.3 Å². The van der Waals surface area contributed by atoms with Gasteiger partial charge in [0, 0.05) is 19.2 Å². The van der Waals surface area contributed by atoms with E-state index in [4.69, 9.17) is 11.6 Å². The van der Waals surface area contributed by atoms with Crippen LogP contribution in [0.1, 0.15) is 25.7 Å². The Bertz CT molecular complexity index is 358. The number of halogens is 1. The Kier molecular flexibility index (Phi) is 6.40. The minimum atomic E-state index is -0.147. The van der Waals surface area contributed by atoms with E-state index < -0.39 is 0 Å². The number of hydrogen-bond donors (Lipinski definition) is 1. The van der Waals surface area contributed by atoms with Gasteiger partial charge in [0.05, 0.1) is 12.1 Å². The minimum absolute atomic E-state index is 0.147. The number of carbonyl (C=O) groups excluding carboxylic acids is 1. The molecule has 0 aliphatic heterocycles. The summed E-state index contributed by atoms with van der Waals surface area (Å²) in [5, 5.41) is 3.78. The Hall–Kier alpha value is -1.29. The van der Waals surface area contributed by atoms with E-state index in [2.05, 4.69) is 15.0 Å². The maximum Gasteiger partial charge on any atom is 0.305 e. The van der Waals surface area contributed by atoms with Crippen molar-refractivity contribution in [2.75, 3.05) is 19.0 Å². The number of esters is 1. The Morgan fingerprint density at radius 1 is 1.47 bits per heavy atom. The van der Waals surface area contributed by atoms with Crippen molar-refractivity contribution in [3.8, 4) is 0 Å². The number of rotatable bonds is 7. The first-order valence-electron chi connectivity index (χ1n) is 5.65. The highest BCUT2D eigenvalue weighted by Gasteiger charge is 2.00. The van der Waals surface area contributed by atoms with Gasteiger partial charge in [0.1, 0.15) is 5.82 Å². The zero-order valence-electron chi connectivity index (χ0n) is 9.91. The lowest BCUT2D eigenvalue weighted by atomic mass is 10.2. The van der Waals surface area contributed by atoms with Crippen LogP contribution in [0.5, 0.6) is 0 Å². The number of nitrogens with zero attached hydrogens (tertiary/aromatic N) is 1. The van der Waals surface area contributed by atoms with E-state index in [-0.39, 0.29) is 5.97 Å². The molecule has 1 aromatic rings. The van der Waals surface area contributed by atoms with Gasteiger partial charge < -0.3 is 10.1 Å². The fourth-order valence-electron chi connectivity index (χ4n) is 1.40. The number of carbonyl (C=O) groups is 1. The van der Waals surface area contributed by atoms with Crippen molar-refractivity contribution in [2.45, 2.75) is 25.7 Å². The summed E-state index contributed by atoms with van der Waals surface area (Å²) < 4.78 is 4.56. The molecule has 17 heavy (non-hydrogen) atoms. The highest BCUT2D eigenvalue weighted by Crippen LogP contribution is 2.17. The van der Waals surface area contributed by atoms with Crippen molar-refractivity contribution < 1.29 is 9.53 Å². The Morgan fingerprint density at radius 3 is 3.00 bits per heavy atom. The molecule has 0 saturated heterocycles. The number of pyridine rings is 1. The molecule has 0 spiro atoms. The Labute approximate surface area is 106 Å². The molecule has 0 radical (unpaired) electrons. The van der Waals surface area contributed by atoms with Crippen LogP contribution in [0.3, 0.4) is 0 Å². The van der Waals surface area contributed by atoms with E-state index in [1.165, 1.54) is 7.11 Å². The minimum Gasteiger partial charge on any atom is -0.469 e. The molecular formula is C12H17ClN2O2. The normalized spacial score (nSPS) is 10.0. The number of aromatic nitrogens is 1. The van der Waals surface area contributed by atoms with Crippen LogP contribution in [0.25, 0.3) is 0 Å². The average molecular weight is 257 g/mol. The second-order valence-electron chi connectivity index (χ2n) is 3.65. The summed E-state index contributed by atoms with van der Waals surface area (Å²) in [5.41, 5.74) is 0. The maximum atomic E-state index is 10.8. The monoisotopic (exact) mass is 256 g/mol.